The van der Waals surface area contributed by atoms with Crippen LogP contribution in [0, 0.1) is 0 Å². The number of nitrogens with two attached hydrogens (primary N) is 1. The number of tetrazole rings is 1. The second kappa shape index (κ2) is 7.13. The Labute approximate surface area is 122 Å². The van der Waals surface area contributed by atoms with Gasteiger partial charge < -0.3 is 5.73 Å². The maximum absolute atomic E-state index is 11.7. The van der Waals surface area contributed by atoms with Crippen molar-refractivity contribution in [3.05, 3.63) is 35.9 Å². The van der Waals surface area contributed by atoms with E-state index >= 15 is 0 Å². The van der Waals surface area contributed by atoms with Gasteiger partial charge in [-0.3, -0.25) is 4.79 Å². The lowest BCUT2D eigenvalue weighted by atomic mass is 10.1. The van der Waals surface area contributed by atoms with E-state index in [1.807, 2.05) is 37.3 Å². The Morgan fingerprint density at radius 2 is 2.14 bits per heavy atom. The SMILES string of the molecule is CCC(Cc1ccccc1)=NNC(=O)Cn1nnnc1N. The number of nitrogens with one attached hydrogen (secondary N) is 1. The van der Waals surface area contributed by atoms with Gasteiger partial charge in [0.1, 0.15) is 6.54 Å². The number of hydrogen-bond acceptors (Lipinski definition) is 6. The third kappa shape index (κ3) is 4.37. The van der Waals surface area contributed by atoms with E-state index in [1.165, 1.54) is 4.68 Å². The third-order valence-corrected chi connectivity index (χ3v) is 2.85. The molecule has 0 spiro atoms. The van der Waals surface area contributed by atoms with Crippen molar-refractivity contribution in [3.8, 4) is 0 Å². The number of anilines is 1. The van der Waals surface area contributed by atoms with Crippen LogP contribution < -0.4 is 11.2 Å². The number of hydrazone groups is 1. The molecule has 0 radical (unpaired) electrons. The van der Waals surface area contributed by atoms with Crippen molar-refractivity contribution in [2.24, 2.45) is 5.10 Å². The summed E-state index contributed by atoms with van der Waals surface area (Å²) in [6.07, 6.45) is 1.45. The molecule has 2 rings (SSSR count). The van der Waals surface area contributed by atoms with Gasteiger partial charge in [0.05, 0.1) is 0 Å². The average molecular weight is 287 g/mol. The topological polar surface area (TPSA) is 111 Å². The summed E-state index contributed by atoms with van der Waals surface area (Å²) in [4.78, 5) is 11.7. The number of benzene rings is 1. The molecule has 1 aromatic carbocycles. The summed E-state index contributed by atoms with van der Waals surface area (Å²) in [6.45, 7) is 1.93. The zero-order chi connectivity index (χ0) is 15.1. The molecule has 0 aliphatic carbocycles. The summed E-state index contributed by atoms with van der Waals surface area (Å²) >= 11 is 0. The first-order valence-corrected chi connectivity index (χ1v) is 6.59. The average Bonchev–Trinajstić information content (AvgIpc) is 2.89. The quantitative estimate of drug-likeness (QED) is 0.589. The molecule has 0 unspecified atom stereocenters. The molecule has 3 N–H and O–H groups in total. The molecular weight excluding hydrogens is 270 g/mol. The van der Waals surface area contributed by atoms with E-state index in [9.17, 15) is 4.79 Å². The van der Waals surface area contributed by atoms with E-state index in [0.717, 1.165) is 17.7 Å². The van der Waals surface area contributed by atoms with E-state index in [0.29, 0.717) is 6.42 Å². The van der Waals surface area contributed by atoms with Crippen molar-refractivity contribution in [2.45, 2.75) is 26.3 Å². The largest absolute Gasteiger partial charge is 0.367 e. The van der Waals surface area contributed by atoms with E-state index < -0.39 is 0 Å². The highest BCUT2D eigenvalue weighted by atomic mass is 16.2. The fourth-order valence-corrected chi connectivity index (χ4v) is 1.71. The molecule has 0 saturated carbocycles. The van der Waals surface area contributed by atoms with E-state index in [-0.39, 0.29) is 18.4 Å². The van der Waals surface area contributed by atoms with Gasteiger partial charge in [-0.1, -0.05) is 42.4 Å². The lowest BCUT2D eigenvalue weighted by Gasteiger charge is -2.05. The van der Waals surface area contributed by atoms with Crippen LogP contribution in [0.15, 0.2) is 35.4 Å². The molecule has 1 amide bonds. The molecule has 1 aromatic heterocycles. The van der Waals surface area contributed by atoms with Gasteiger partial charge >= 0.3 is 0 Å². The molecule has 8 heteroatoms. The second-order valence-electron chi connectivity index (χ2n) is 4.42. The standard InChI is InChI=1S/C13H17N7O/c1-2-11(8-10-6-4-3-5-7-10)15-16-12(21)9-20-13(14)17-18-19-20/h3-7H,2,8-9H2,1H3,(H,16,21)(H2,14,17,19). The first-order valence-electron chi connectivity index (χ1n) is 6.59. The van der Waals surface area contributed by atoms with Crippen molar-refractivity contribution in [3.63, 3.8) is 0 Å². The molecule has 1 heterocycles. The number of carbonyl (C=O) groups excluding carboxylic acids is 1. The predicted molar refractivity (Wildman–Crippen MR) is 78.2 cm³/mol. The Morgan fingerprint density at radius 3 is 2.76 bits per heavy atom. The van der Waals surface area contributed by atoms with Crippen molar-refractivity contribution in [1.82, 2.24) is 25.6 Å². The maximum Gasteiger partial charge on any atom is 0.261 e. The van der Waals surface area contributed by atoms with Crippen molar-refractivity contribution < 1.29 is 4.79 Å². The minimum absolute atomic E-state index is 0.0648. The first-order chi connectivity index (χ1) is 10.2. The van der Waals surface area contributed by atoms with E-state index in [2.05, 4.69) is 26.1 Å². The number of amides is 1. The molecule has 0 aliphatic heterocycles. The summed E-state index contributed by atoms with van der Waals surface area (Å²) in [7, 11) is 0. The fraction of sp³-hybridized carbons (Fsp3) is 0.308. The van der Waals surface area contributed by atoms with Crippen LogP contribution in [0.1, 0.15) is 18.9 Å². The summed E-state index contributed by atoms with van der Waals surface area (Å²) in [5.41, 5.74) is 10.0. The lowest BCUT2D eigenvalue weighted by Crippen LogP contribution is -2.26. The van der Waals surface area contributed by atoms with Crippen LogP contribution in [-0.2, 0) is 17.8 Å². The van der Waals surface area contributed by atoms with E-state index in [1.54, 1.807) is 0 Å². The molecule has 0 atom stereocenters. The Kier molecular flexibility index (Phi) is 4.97. The molecule has 8 nitrogen and oxygen atoms in total. The highest BCUT2D eigenvalue weighted by molar-refractivity contribution is 5.87. The molecule has 0 fully saturated rings. The van der Waals surface area contributed by atoms with Gasteiger partial charge in [-0.25, -0.2) is 10.1 Å². The zero-order valence-electron chi connectivity index (χ0n) is 11.7. The number of aromatic nitrogens is 4. The van der Waals surface area contributed by atoms with Gasteiger partial charge in [0.25, 0.3) is 5.91 Å². The normalized spacial score (nSPS) is 11.4. The minimum atomic E-state index is -0.326. The van der Waals surface area contributed by atoms with Gasteiger partial charge in [0.2, 0.25) is 5.95 Å². The Hall–Kier alpha value is -2.77. The van der Waals surface area contributed by atoms with Gasteiger partial charge in [-0.2, -0.15) is 5.10 Å². The first kappa shape index (κ1) is 14.6. The van der Waals surface area contributed by atoms with Crippen LogP contribution in [0.2, 0.25) is 0 Å². The van der Waals surface area contributed by atoms with Crippen LogP contribution in [0.5, 0.6) is 0 Å². The minimum Gasteiger partial charge on any atom is -0.367 e. The van der Waals surface area contributed by atoms with Crippen molar-refractivity contribution in [1.29, 1.82) is 0 Å². The van der Waals surface area contributed by atoms with Crippen LogP contribution in [0.25, 0.3) is 0 Å². The number of nitrogens with zero attached hydrogens (tertiary/aromatic N) is 5. The van der Waals surface area contributed by atoms with E-state index in [4.69, 9.17) is 5.73 Å². The zero-order valence-corrected chi connectivity index (χ0v) is 11.7. The summed E-state index contributed by atoms with van der Waals surface area (Å²) in [6, 6.07) is 9.96. The number of nitrogen functional groups attached to an aromatic ring is 1. The molecule has 0 bridgehead atoms. The van der Waals surface area contributed by atoms with Gasteiger partial charge in [0, 0.05) is 12.1 Å². The monoisotopic (exact) mass is 287 g/mol. The number of hydrogen-bond donors (Lipinski definition) is 2. The molecular formula is C13H17N7O. The van der Waals surface area contributed by atoms with Crippen LogP contribution in [0.3, 0.4) is 0 Å². The lowest BCUT2D eigenvalue weighted by molar-refractivity contribution is -0.121. The summed E-state index contributed by atoms with van der Waals surface area (Å²) in [5, 5.41) is 14.6. The van der Waals surface area contributed by atoms with Crippen LogP contribution in [-0.4, -0.2) is 31.8 Å². The highest BCUT2D eigenvalue weighted by Gasteiger charge is 2.07. The summed E-state index contributed by atoms with van der Waals surface area (Å²) < 4.78 is 1.20. The van der Waals surface area contributed by atoms with Crippen LogP contribution in [0.4, 0.5) is 5.95 Å². The Balaban J connectivity index is 1.91. The van der Waals surface area contributed by atoms with Crippen LogP contribution >= 0.6 is 0 Å². The molecule has 2 aromatic rings. The smallest absolute Gasteiger partial charge is 0.261 e. The number of carbonyl (C=O) groups is 1. The van der Waals surface area contributed by atoms with Crippen molar-refractivity contribution >= 4 is 17.6 Å². The van der Waals surface area contributed by atoms with Gasteiger partial charge in [-0.15, -0.1) is 0 Å². The highest BCUT2D eigenvalue weighted by Crippen LogP contribution is 2.02. The summed E-state index contributed by atoms with van der Waals surface area (Å²) in [5.74, 6) is -0.234. The number of rotatable bonds is 6. The molecule has 0 aliphatic rings. The van der Waals surface area contributed by atoms with Crippen molar-refractivity contribution in [2.75, 3.05) is 5.73 Å². The van der Waals surface area contributed by atoms with Gasteiger partial charge in [-0.05, 0) is 22.4 Å². The fourth-order valence-electron chi connectivity index (χ4n) is 1.71. The Bertz CT molecular complexity index is 620. The molecule has 21 heavy (non-hydrogen) atoms. The molecule has 110 valence electrons. The van der Waals surface area contributed by atoms with Gasteiger partial charge in [0.15, 0.2) is 0 Å². The molecule has 0 saturated heterocycles. The Morgan fingerprint density at radius 1 is 1.38 bits per heavy atom. The second-order valence-corrected chi connectivity index (χ2v) is 4.42. The third-order valence-electron chi connectivity index (χ3n) is 2.85. The predicted octanol–water partition coefficient (Wildman–Crippen LogP) is 0.380. The maximum atomic E-state index is 11.7.